The molecule has 7 heteroatoms. The highest BCUT2D eigenvalue weighted by atomic mass is 35.5. The molecular weight excluding hydrogens is 459 g/mol. The average Bonchev–Trinajstić information content (AvgIpc) is 2.84. The van der Waals surface area contributed by atoms with E-state index in [0.29, 0.717) is 13.2 Å². The first kappa shape index (κ1) is 26.8. The molecule has 3 aromatic rings. The first-order valence-corrected chi connectivity index (χ1v) is 10.8. The second kappa shape index (κ2) is 13.3. The second-order valence-electron chi connectivity index (χ2n) is 7.84. The molecule has 0 aliphatic carbocycles. The van der Waals surface area contributed by atoms with E-state index in [1.54, 1.807) is 7.11 Å². The molecule has 0 aromatic heterocycles. The Morgan fingerprint density at radius 2 is 1.33 bits per heavy atom. The van der Waals surface area contributed by atoms with E-state index in [1.807, 2.05) is 42.5 Å². The summed E-state index contributed by atoms with van der Waals surface area (Å²) >= 11 is 0. The molecule has 0 amide bonds. The zero-order valence-corrected chi connectivity index (χ0v) is 20.4. The molecule has 0 radical (unpaired) electrons. The first-order valence-electron chi connectivity index (χ1n) is 10.8. The number of halogens is 2. The monoisotopic (exact) mass is 490 g/mol. The van der Waals surface area contributed by atoms with Gasteiger partial charge in [0.25, 0.3) is 0 Å². The zero-order valence-electron chi connectivity index (χ0n) is 18.8. The third-order valence-corrected chi connectivity index (χ3v) is 5.68. The highest BCUT2D eigenvalue weighted by Gasteiger charge is 2.20. The minimum atomic E-state index is -0.513. The molecule has 1 saturated heterocycles. The molecule has 33 heavy (non-hydrogen) atoms. The molecule has 1 aliphatic heterocycles. The van der Waals surface area contributed by atoms with Crippen molar-refractivity contribution >= 4 is 30.5 Å². The summed E-state index contributed by atoms with van der Waals surface area (Å²) in [5.41, 5.74) is 3.55. The van der Waals surface area contributed by atoms with Gasteiger partial charge in [-0.15, -0.1) is 24.8 Å². The van der Waals surface area contributed by atoms with Gasteiger partial charge in [-0.1, -0.05) is 42.5 Å². The van der Waals surface area contributed by atoms with Crippen LogP contribution in [0.1, 0.15) is 0 Å². The van der Waals surface area contributed by atoms with Crippen LogP contribution in [-0.4, -0.2) is 62.6 Å². The smallest absolute Gasteiger partial charge is 0.119 e. The summed E-state index contributed by atoms with van der Waals surface area (Å²) in [6.45, 7) is 4.66. The highest BCUT2D eigenvalue weighted by molar-refractivity contribution is 5.85. The molecule has 1 aliphatic rings. The van der Waals surface area contributed by atoms with Gasteiger partial charge in [0.1, 0.15) is 24.2 Å². The Balaban J connectivity index is 0.00000193. The summed E-state index contributed by atoms with van der Waals surface area (Å²) in [4.78, 5) is 4.67. The van der Waals surface area contributed by atoms with Gasteiger partial charge >= 0.3 is 0 Å². The average molecular weight is 491 g/mol. The molecule has 5 nitrogen and oxygen atoms in total. The van der Waals surface area contributed by atoms with Crippen LogP contribution >= 0.6 is 24.8 Å². The van der Waals surface area contributed by atoms with Gasteiger partial charge in [-0.25, -0.2) is 0 Å². The Labute approximate surface area is 208 Å². The minimum Gasteiger partial charge on any atom is -0.497 e. The zero-order chi connectivity index (χ0) is 21.5. The number of aliphatic hydroxyl groups is 1. The Hall–Kier alpha value is -2.44. The minimum absolute atomic E-state index is 0. The van der Waals surface area contributed by atoms with Gasteiger partial charge in [0.2, 0.25) is 0 Å². The van der Waals surface area contributed by atoms with E-state index in [1.165, 1.54) is 11.3 Å². The molecular formula is C26H32Cl2N2O3. The number of hydrogen-bond acceptors (Lipinski definition) is 5. The van der Waals surface area contributed by atoms with Crippen molar-refractivity contribution in [2.75, 3.05) is 51.3 Å². The van der Waals surface area contributed by atoms with Crippen LogP contribution in [0.2, 0.25) is 0 Å². The fraction of sp³-hybridized carbons (Fsp3) is 0.308. The summed E-state index contributed by atoms with van der Waals surface area (Å²) in [5.74, 6) is 1.66. The van der Waals surface area contributed by atoms with Crippen LogP contribution in [0, 0.1) is 0 Å². The Kier molecular flexibility index (Phi) is 10.8. The van der Waals surface area contributed by atoms with Gasteiger partial charge in [-0.3, -0.25) is 4.90 Å². The number of anilines is 1. The van der Waals surface area contributed by atoms with E-state index in [0.717, 1.165) is 43.2 Å². The van der Waals surface area contributed by atoms with Crippen molar-refractivity contribution in [3.05, 3.63) is 78.9 Å². The maximum atomic E-state index is 10.4. The molecule has 1 heterocycles. The van der Waals surface area contributed by atoms with Crippen molar-refractivity contribution in [1.82, 2.24) is 4.90 Å². The Morgan fingerprint density at radius 1 is 0.758 bits per heavy atom. The number of hydrogen-bond donors (Lipinski definition) is 1. The van der Waals surface area contributed by atoms with Crippen LogP contribution in [0.25, 0.3) is 11.1 Å². The third-order valence-electron chi connectivity index (χ3n) is 5.68. The summed E-state index contributed by atoms with van der Waals surface area (Å²) in [6, 6.07) is 26.5. The molecule has 4 rings (SSSR count). The molecule has 1 atom stereocenters. The lowest BCUT2D eigenvalue weighted by molar-refractivity contribution is 0.0663. The van der Waals surface area contributed by atoms with Gasteiger partial charge in [-0.05, 0) is 47.5 Å². The fourth-order valence-corrected chi connectivity index (χ4v) is 3.90. The molecule has 3 aromatic carbocycles. The highest BCUT2D eigenvalue weighted by Crippen LogP contribution is 2.23. The van der Waals surface area contributed by atoms with Crippen molar-refractivity contribution in [3.8, 4) is 22.6 Å². The van der Waals surface area contributed by atoms with Crippen LogP contribution in [0.3, 0.4) is 0 Å². The topological polar surface area (TPSA) is 45.2 Å². The first-order chi connectivity index (χ1) is 15.2. The van der Waals surface area contributed by atoms with Crippen LogP contribution in [0.5, 0.6) is 11.5 Å². The lowest BCUT2D eigenvalue weighted by Gasteiger charge is -2.36. The third kappa shape index (κ3) is 7.54. The van der Waals surface area contributed by atoms with Gasteiger partial charge in [0.15, 0.2) is 0 Å². The van der Waals surface area contributed by atoms with E-state index >= 15 is 0 Å². The van der Waals surface area contributed by atoms with Crippen LogP contribution in [0.15, 0.2) is 78.9 Å². The van der Waals surface area contributed by atoms with Crippen LogP contribution in [0.4, 0.5) is 5.69 Å². The van der Waals surface area contributed by atoms with Crippen molar-refractivity contribution in [2.24, 2.45) is 0 Å². The summed E-state index contributed by atoms with van der Waals surface area (Å²) < 4.78 is 11.0. The number of piperazine rings is 1. The normalized spacial score (nSPS) is 14.5. The number of β-amino-alcohol motifs (C(OH)–C–C–N with tert-alkyl or cyclic N) is 1. The number of ether oxygens (including phenoxy) is 2. The van der Waals surface area contributed by atoms with Crippen molar-refractivity contribution in [3.63, 3.8) is 0 Å². The second-order valence-corrected chi connectivity index (χ2v) is 7.84. The predicted octanol–water partition coefficient (Wildman–Crippen LogP) is 4.77. The molecule has 1 fully saturated rings. The lowest BCUT2D eigenvalue weighted by atomic mass is 10.1. The van der Waals surface area contributed by atoms with Crippen LogP contribution in [-0.2, 0) is 0 Å². The van der Waals surface area contributed by atoms with E-state index in [-0.39, 0.29) is 24.8 Å². The molecule has 0 bridgehead atoms. The van der Waals surface area contributed by atoms with Crippen LogP contribution < -0.4 is 14.4 Å². The van der Waals surface area contributed by atoms with E-state index < -0.39 is 6.10 Å². The Morgan fingerprint density at radius 3 is 1.94 bits per heavy atom. The van der Waals surface area contributed by atoms with Gasteiger partial charge in [-0.2, -0.15) is 0 Å². The van der Waals surface area contributed by atoms with Crippen molar-refractivity contribution in [2.45, 2.75) is 6.10 Å². The molecule has 1 unspecified atom stereocenters. The van der Waals surface area contributed by atoms with E-state index in [4.69, 9.17) is 9.47 Å². The number of rotatable bonds is 8. The standard InChI is InChI=1S/C26H30N2O3.2ClH/c1-30-25-13-9-23(10-14-25)28-17-15-27(16-18-28)19-24(29)20-31-26-11-7-22(8-12-26)21-5-3-2-4-6-21;;/h2-14,24,29H,15-20H2,1H3;2*1H. The van der Waals surface area contributed by atoms with Gasteiger partial charge in [0.05, 0.1) is 7.11 Å². The number of aliphatic hydroxyl groups excluding tert-OH is 1. The number of nitrogens with zero attached hydrogens (tertiary/aromatic N) is 2. The van der Waals surface area contributed by atoms with Gasteiger partial charge < -0.3 is 19.5 Å². The summed E-state index contributed by atoms with van der Waals surface area (Å²) in [7, 11) is 1.68. The molecule has 0 spiro atoms. The largest absolute Gasteiger partial charge is 0.497 e. The maximum absolute atomic E-state index is 10.4. The number of methoxy groups -OCH3 is 1. The summed E-state index contributed by atoms with van der Waals surface area (Å²) in [5, 5.41) is 10.4. The lowest BCUT2D eigenvalue weighted by Crippen LogP contribution is -2.49. The fourth-order valence-electron chi connectivity index (χ4n) is 3.90. The molecule has 178 valence electrons. The SMILES string of the molecule is COc1ccc(N2CCN(CC(O)COc3ccc(-c4ccccc4)cc3)CC2)cc1.Cl.Cl. The van der Waals surface area contributed by atoms with E-state index in [9.17, 15) is 5.11 Å². The maximum Gasteiger partial charge on any atom is 0.119 e. The number of benzene rings is 3. The van der Waals surface area contributed by atoms with E-state index in [2.05, 4.69) is 46.2 Å². The molecule has 0 saturated carbocycles. The predicted molar refractivity (Wildman–Crippen MR) is 140 cm³/mol. The Bertz CT molecular complexity index is 932. The molecule has 1 N–H and O–H groups in total. The quantitative estimate of drug-likeness (QED) is 0.492. The van der Waals surface area contributed by atoms with Crippen molar-refractivity contribution < 1.29 is 14.6 Å². The van der Waals surface area contributed by atoms with Gasteiger partial charge in [0, 0.05) is 38.4 Å². The summed E-state index contributed by atoms with van der Waals surface area (Å²) in [6.07, 6.45) is -0.513. The van der Waals surface area contributed by atoms with Crippen molar-refractivity contribution in [1.29, 1.82) is 0 Å².